The van der Waals surface area contributed by atoms with E-state index >= 15 is 0 Å². The molecule has 6 nitrogen and oxygen atoms in total. The largest absolute Gasteiger partial charge is 0.352 e. The Morgan fingerprint density at radius 3 is 2.22 bits per heavy atom. The fourth-order valence-corrected chi connectivity index (χ4v) is 4.83. The maximum Gasteiger partial charge on any atom is 0.251 e. The number of halogens is 1. The zero-order chi connectivity index (χ0) is 23.1. The molecule has 2 aromatic carbocycles. The second-order valence-corrected chi connectivity index (χ2v) is 11.1. The second-order valence-electron chi connectivity index (χ2n) is 8.42. The van der Waals surface area contributed by atoms with Crippen molar-refractivity contribution in [3.8, 4) is 0 Å². The van der Waals surface area contributed by atoms with Gasteiger partial charge in [0.15, 0.2) is 0 Å². The molecular weight excluding hydrogens is 448 g/mol. The van der Waals surface area contributed by atoms with Gasteiger partial charge in [-0.1, -0.05) is 41.9 Å². The summed E-state index contributed by atoms with van der Waals surface area (Å²) in [5.41, 5.74) is 1.67. The minimum absolute atomic E-state index is 0.00984. The molecule has 0 aliphatic heterocycles. The van der Waals surface area contributed by atoms with Crippen LogP contribution in [0, 0.1) is 0 Å². The summed E-state index contributed by atoms with van der Waals surface area (Å²) in [6.45, 7) is 0. The first-order chi connectivity index (χ1) is 15.2. The molecule has 1 aliphatic carbocycles. The highest BCUT2D eigenvalue weighted by molar-refractivity contribution is 7.90. The van der Waals surface area contributed by atoms with Crippen LogP contribution < -0.4 is 10.6 Å². The third kappa shape index (κ3) is 7.35. The number of hydrogen-bond acceptors (Lipinski definition) is 4. The highest BCUT2D eigenvalue weighted by Gasteiger charge is 2.28. The van der Waals surface area contributed by atoms with Gasteiger partial charge in [0.2, 0.25) is 5.91 Å². The van der Waals surface area contributed by atoms with Crippen molar-refractivity contribution in [1.29, 1.82) is 0 Å². The van der Waals surface area contributed by atoms with Crippen LogP contribution in [-0.4, -0.2) is 44.3 Å². The van der Waals surface area contributed by atoms with Gasteiger partial charge in [-0.2, -0.15) is 0 Å². The van der Waals surface area contributed by atoms with E-state index in [9.17, 15) is 18.0 Å². The fraction of sp³-hybridized carbons (Fsp3) is 0.417. The lowest BCUT2D eigenvalue weighted by Crippen LogP contribution is -2.50. The van der Waals surface area contributed by atoms with E-state index < -0.39 is 21.8 Å². The van der Waals surface area contributed by atoms with Crippen LogP contribution >= 0.6 is 11.6 Å². The predicted molar refractivity (Wildman–Crippen MR) is 127 cm³/mol. The molecule has 2 amide bonds. The summed E-state index contributed by atoms with van der Waals surface area (Å²) in [4.78, 5) is 25.6. The first-order valence-electron chi connectivity index (χ1n) is 10.8. The Kier molecular flexibility index (Phi) is 8.32. The summed E-state index contributed by atoms with van der Waals surface area (Å²) >= 11 is 5.87. The molecule has 0 saturated heterocycles. The van der Waals surface area contributed by atoms with Gasteiger partial charge in [-0.05, 0) is 67.9 Å². The molecule has 0 heterocycles. The predicted octanol–water partition coefficient (Wildman–Crippen LogP) is 3.72. The third-order valence-electron chi connectivity index (χ3n) is 5.85. The molecule has 1 saturated carbocycles. The topological polar surface area (TPSA) is 92.3 Å². The monoisotopic (exact) mass is 476 g/mol. The van der Waals surface area contributed by atoms with Gasteiger partial charge < -0.3 is 10.6 Å². The summed E-state index contributed by atoms with van der Waals surface area (Å²) in [5.74, 6) is -0.496. The summed E-state index contributed by atoms with van der Waals surface area (Å²) in [6.07, 6.45) is 4.77. The molecule has 0 bridgehead atoms. The van der Waals surface area contributed by atoms with Gasteiger partial charge >= 0.3 is 0 Å². The zero-order valence-corrected chi connectivity index (χ0v) is 19.7. The highest BCUT2D eigenvalue weighted by Crippen LogP contribution is 2.32. The zero-order valence-electron chi connectivity index (χ0n) is 18.1. The summed E-state index contributed by atoms with van der Waals surface area (Å²) < 4.78 is 23.3. The SMILES string of the molecule is CS(=O)(=O)CCC(NC(=O)c1ccc(Cl)cc1)C(=O)NC1CCC(c2ccccc2)CC1. The van der Waals surface area contributed by atoms with Gasteiger partial charge in [0.05, 0.1) is 5.75 Å². The smallest absolute Gasteiger partial charge is 0.251 e. The lowest BCUT2D eigenvalue weighted by atomic mass is 9.81. The second kappa shape index (κ2) is 11.0. The van der Waals surface area contributed by atoms with Crippen LogP contribution in [0.5, 0.6) is 0 Å². The van der Waals surface area contributed by atoms with Crippen molar-refractivity contribution in [3.63, 3.8) is 0 Å². The van der Waals surface area contributed by atoms with E-state index in [-0.39, 0.29) is 24.1 Å². The third-order valence-corrected chi connectivity index (χ3v) is 7.08. The number of rotatable bonds is 8. The van der Waals surface area contributed by atoms with Crippen LogP contribution in [-0.2, 0) is 14.6 Å². The summed E-state index contributed by atoms with van der Waals surface area (Å²) in [7, 11) is -3.28. The normalized spacial score (nSPS) is 19.7. The van der Waals surface area contributed by atoms with Crippen LogP contribution in [0.2, 0.25) is 5.02 Å². The molecule has 1 atom stereocenters. The maximum absolute atomic E-state index is 13.0. The van der Waals surface area contributed by atoms with E-state index in [2.05, 4.69) is 22.8 Å². The van der Waals surface area contributed by atoms with E-state index in [0.29, 0.717) is 16.5 Å². The van der Waals surface area contributed by atoms with Crippen LogP contribution in [0.25, 0.3) is 0 Å². The average Bonchev–Trinajstić information content (AvgIpc) is 2.77. The summed E-state index contributed by atoms with van der Waals surface area (Å²) in [6, 6.07) is 15.7. The Morgan fingerprint density at radius 1 is 1.00 bits per heavy atom. The molecule has 1 unspecified atom stereocenters. The first-order valence-corrected chi connectivity index (χ1v) is 13.2. The molecule has 0 aromatic heterocycles. The van der Waals surface area contributed by atoms with Crippen LogP contribution in [0.1, 0.15) is 53.9 Å². The van der Waals surface area contributed by atoms with E-state index in [4.69, 9.17) is 11.6 Å². The van der Waals surface area contributed by atoms with Crippen molar-refractivity contribution in [3.05, 3.63) is 70.7 Å². The lowest BCUT2D eigenvalue weighted by Gasteiger charge is -2.30. The van der Waals surface area contributed by atoms with Gasteiger partial charge in [-0.3, -0.25) is 9.59 Å². The summed E-state index contributed by atoms with van der Waals surface area (Å²) in [5, 5.41) is 6.21. The van der Waals surface area contributed by atoms with Crippen molar-refractivity contribution in [2.24, 2.45) is 0 Å². The molecule has 32 heavy (non-hydrogen) atoms. The number of nitrogens with one attached hydrogen (secondary N) is 2. The van der Waals surface area contributed by atoms with E-state index in [1.54, 1.807) is 24.3 Å². The quantitative estimate of drug-likeness (QED) is 0.607. The number of benzene rings is 2. The highest BCUT2D eigenvalue weighted by atomic mass is 35.5. The molecule has 1 aliphatic rings. The van der Waals surface area contributed by atoms with Crippen LogP contribution in [0.15, 0.2) is 54.6 Å². The molecular formula is C24H29ClN2O4S. The minimum atomic E-state index is -3.28. The van der Waals surface area contributed by atoms with Gasteiger partial charge in [-0.15, -0.1) is 0 Å². The van der Waals surface area contributed by atoms with Crippen molar-refractivity contribution in [2.75, 3.05) is 12.0 Å². The Balaban J connectivity index is 1.60. The van der Waals surface area contributed by atoms with Gasteiger partial charge in [0, 0.05) is 22.9 Å². The van der Waals surface area contributed by atoms with E-state index in [1.165, 1.54) is 5.56 Å². The Morgan fingerprint density at radius 2 is 1.62 bits per heavy atom. The molecule has 8 heteroatoms. The van der Waals surface area contributed by atoms with Gasteiger partial charge in [0.1, 0.15) is 15.9 Å². The van der Waals surface area contributed by atoms with Gasteiger partial charge in [-0.25, -0.2) is 8.42 Å². The molecule has 2 aromatic rings. The number of sulfone groups is 1. The number of carbonyl (C=O) groups is 2. The fourth-order valence-electron chi connectivity index (χ4n) is 4.04. The average molecular weight is 477 g/mol. The van der Waals surface area contributed by atoms with Crippen molar-refractivity contribution >= 4 is 33.3 Å². The molecule has 1 fully saturated rings. The Bertz CT molecular complexity index is 1020. The van der Waals surface area contributed by atoms with E-state index in [1.807, 2.05) is 18.2 Å². The number of carbonyl (C=O) groups excluding carboxylic acids is 2. The molecule has 3 rings (SSSR count). The first kappa shape index (κ1) is 24.3. The standard InChI is InChI=1S/C24H29ClN2O4S/c1-32(30,31)16-15-22(27-23(28)19-7-11-20(25)12-8-19)24(29)26-21-13-9-18(10-14-21)17-5-3-2-4-6-17/h2-8,11-12,18,21-22H,9-10,13-16H2,1H3,(H,26,29)(H,27,28). The van der Waals surface area contributed by atoms with Crippen molar-refractivity contribution < 1.29 is 18.0 Å². The lowest BCUT2D eigenvalue weighted by molar-refractivity contribution is -0.124. The molecule has 172 valence electrons. The van der Waals surface area contributed by atoms with Crippen molar-refractivity contribution in [1.82, 2.24) is 10.6 Å². The van der Waals surface area contributed by atoms with Crippen LogP contribution in [0.3, 0.4) is 0 Å². The Labute approximate surface area is 194 Å². The number of amides is 2. The maximum atomic E-state index is 13.0. The number of hydrogen-bond donors (Lipinski definition) is 2. The molecule has 2 N–H and O–H groups in total. The van der Waals surface area contributed by atoms with E-state index in [0.717, 1.165) is 31.9 Å². The Hall–Kier alpha value is -2.38. The minimum Gasteiger partial charge on any atom is -0.352 e. The van der Waals surface area contributed by atoms with Crippen molar-refractivity contribution in [2.45, 2.75) is 50.1 Å². The molecule has 0 spiro atoms. The van der Waals surface area contributed by atoms with Crippen LogP contribution in [0.4, 0.5) is 0 Å². The van der Waals surface area contributed by atoms with Gasteiger partial charge in [0.25, 0.3) is 5.91 Å². The molecule has 0 radical (unpaired) electrons.